The molecule has 2 rings (SSSR count). The van der Waals surface area contributed by atoms with Gasteiger partial charge in [0.2, 0.25) is 0 Å². The van der Waals surface area contributed by atoms with Crippen LogP contribution in [0.2, 0.25) is 0 Å². The molecule has 1 atom stereocenters. The van der Waals surface area contributed by atoms with E-state index in [0.29, 0.717) is 0 Å². The van der Waals surface area contributed by atoms with Crippen LogP contribution < -0.4 is 5.32 Å². The van der Waals surface area contributed by atoms with Gasteiger partial charge in [-0.25, -0.2) is 4.39 Å². The molecule has 1 unspecified atom stereocenters. The number of hydrogen-bond donors (Lipinski definition) is 1. The predicted molar refractivity (Wildman–Crippen MR) is 77.8 cm³/mol. The van der Waals surface area contributed by atoms with Gasteiger partial charge in [0.25, 0.3) is 0 Å². The topological polar surface area (TPSA) is 12.0 Å². The van der Waals surface area contributed by atoms with Gasteiger partial charge in [-0.15, -0.1) is 0 Å². The Hall–Kier alpha value is -1.67. The van der Waals surface area contributed by atoms with Crippen molar-refractivity contribution in [2.24, 2.45) is 0 Å². The van der Waals surface area contributed by atoms with Crippen molar-refractivity contribution < 1.29 is 4.39 Å². The maximum absolute atomic E-state index is 13.1. The first-order valence-electron chi connectivity index (χ1n) is 6.68. The number of halogens is 1. The summed E-state index contributed by atoms with van der Waals surface area (Å²) >= 11 is 0. The minimum atomic E-state index is -0.195. The second kappa shape index (κ2) is 5.98. The van der Waals surface area contributed by atoms with Gasteiger partial charge in [0.15, 0.2) is 0 Å². The summed E-state index contributed by atoms with van der Waals surface area (Å²) < 4.78 is 13.1. The average molecular weight is 257 g/mol. The Kier molecular flexibility index (Phi) is 4.33. The molecule has 0 radical (unpaired) electrons. The van der Waals surface area contributed by atoms with E-state index in [1.165, 1.54) is 28.8 Å². The molecule has 1 nitrogen and oxygen atoms in total. The Bertz CT molecular complexity index is 546. The predicted octanol–water partition coefficient (Wildman–Crippen LogP) is 4.14. The van der Waals surface area contributed by atoms with Crippen LogP contribution in [0.5, 0.6) is 0 Å². The van der Waals surface area contributed by atoms with E-state index >= 15 is 0 Å². The smallest absolute Gasteiger partial charge is 0.123 e. The highest BCUT2D eigenvalue weighted by molar-refractivity contribution is 5.38. The Labute approximate surface area is 114 Å². The molecule has 0 saturated carbocycles. The number of nitrogens with one attached hydrogen (secondary N) is 1. The Morgan fingerprint density at radius 3 is 2.32 bits per heavy atom. The van der Waals surface area contributed by atoms with Gasteiger partial charge in [0, 0.05) is 0 Å². The van der Waals surface area contributed by atoms with Crippen molar-refractivity contribution in [2.45, 2.75) is 26.8 Å². The molecule has 0 bridgehead atoms. The molecule has 0 amide bonds. The highest BCUT2D eigenvalue weighted by Gasteiger charge is 2.15. The molecule has 0 aliphatic rings. The summed E-state index contributed by atoms with van der Waals surface area (Å²) in [5.74, 6) is -0.195. The third-order valence-electron chi connectivity index (χ3n) is 3.35. The lowest BCUT2D eigenvalue weighted by molar-refractivity contribution is 0.612. The largest absolute Gasteiger partial charge is 0.307 e. The van der Waals surface area contributed by atoms with Crippen LogP contribution in [0.4, 0.5) is 4.39 Å². The van der Waals surface area contributed by atoms with Gasteiger partial charge in [0.1, 0.15) is 5.82 Å². The minimum Gasteiger partial charge on any atom is -0.307 e. The third kappa shape index (κ3) is 3.21. The van der Waals surface area contributed by atoms with Crippen LogP contribution >= 0.6 is 0 Å². The van der Waals surface area contributed by atoms with Crippen molar-refractivity contribution in [1.82, 2.24) is 5.32 Å². The van der Waals surface area contributed by atoms with Crippen LogP contribution in [-0.4, -0.2) is 6.54 Å². The van der Waals surface area contributed by atoms with E-state index in [-0.39, 0.29) is 11.9 Å². The average Bonchev–Trinajstić information content (AvgIpc) is 2.38. The number of aryl methyl sites for hydroxylation is 2. The summed E-state index contributed by atoms with van der Waals surface area (Å²) in [6.45, 7) is 7.17. The van der Waals surface area contributed by atoms with Gasteiger partial charge >= 0.3 is 0 Å². The van der Waals surface area contributed by atoms with Crippen molar-refractivity contribution in [3.8, 4) is 0 Å². The Morgan fingerprint density at radius 2 is 1.74 bits per heavy atom. The Morgan fingerprint density at radius 1 is 1.05 bits per heavy atom. The molecular formula is C17H20FN. The summed E-state index contributed by atoms with van der Waals surface area (Å²) in [6.07, 6.45) is 0. The van der Waals surface area contributed by atoms with Crippen molar-refractivity contribution in [3.05, 3.63) is 70.5 Å². The SMILES string of the molecule is CCNC(c1ccc(F)cc1)c1ccc(C)cc1C. The highest BCUT2D eigenvalue weighted by atomic mass is 19.1. The zero-order valence-electron chi connectivity index (χ0n) is 11.7. The maximum Gasteiger partial charge on any atom is 0.123 e. The molecule has 19 heavy (non-hydrogen) atoms. The van der Waals surface area contributed by atoms with Gasteiger partial charge in [-0.1, -0.05) is 42.8 Å². The van der Waals surface area contributed by atoms with Gasteiger partial charge in [-0.2, -0.15) is 0 Å². The van der Waals surface area contributed by atoms with Crippen molar-refractivity contribution in [3.63, 3.8) is 0 Å². The standard InChI is InChI=1S/C17H20FN/c1-4-19-17(14-6-8-15(18)9-7-14)16-10-5-12(2)11-13(16)3/h5-11,17,19H,4H2,1-3H3. The van der Waals surface area contributed by atoms with E-state index in [1.54, 1.807) is 0 Å². The van der Waals surface area contributed by atoms with Crippen molar-refractivity contribution in [2.75, 3.05) is 6.54 Å². The normalized spacial score (nSPS) is 12.4. The van der Waals surface area contributed by atoms with Crippen molar-refractivity contribution >= 4 is 0 Å². The van der Waals surface area contributed by atoms with Crippen LogP contribution in [0.15, 0.2) is 42.5 Å². The second-order valence-electron chi connectivity index (χ2n) is 4.90. The molecular weight excluding hydrogens is 237 g/mol. The lowest BCUT2D eigenvalue weighted by atomic mass is 9.94. The molecule has 0 aliphatic heterocycles. The van der Waals surface area contributed by atoms with Crippen LogP contribution in [-0.2, 0) is 0 Å². The van der Waals surface area contributed by atoms with Crippen LogP contribution in [0.3, 0.4) is 0 Å². The molecule has 0 fully saturated rings. The molecule has 2 aromatic rings. The first-order chi connectivity index (χ1) is 9.11. The lowest BCUT2D eigenvalue weighted by Gasteiger charge is -2.21. The molecule has 2 aromatic carbocycles. The fourth-order valence-electron chi connectivity index (χ4n) is 2.42. The molecule has 0 saturated heterocycles. The van der Waals surface area contributed by atoms with Gasteiger partial charge in [-0.3, -0.25) is 0 Å². The molecule has 0 spiro atoms. The summed E-state index contributed by atoms with van der Waals surface area (Å²) in [5.41, 5.74) is 4.86. The molecule has 0 aromatic heterocycles. The number of hydrogen-bond acceptors (Lipinski definition) is 1. The fourth-order valence-corrected chi connectivity index (χ4v) is 2.42. The van der Waals surface area contributed by atoms with E-state index in [2.05, 4.69) is 44.3 Å². The van der Waals surface area contributed by atoms with E-state index in [9.17, 15) is 4.39 Å². The quantitative estimate of drug-likeness (QED) is 0.868. The Balaban J connectivity index is 2.41. The highest BCUT2D eigenvalue weighted by Crippen LogP contribution is 2.25. The van der Waals surface area contributed by atoms with Gasteiger partial charge < -0.3 is 5.32 Å². The monoisotopic (exact) mass is 257 g/mol. The summed E-state index contributed by atoms with van der Waals surface area (Å²) in [7, 11) is 0. The molecule has 0 aliphatic carbocycles. The van der Waals surface area contributed by atoms with E-state index in [0.717, 1.165) is 12.1 Å². The molecule has 0 heterocycles. The van der Waals surface area contributed by atoms with Crippen molar-refractivity contribution in [1.29, 1.82) is 0 Å². The first kappa shape index (κ1) is 13.8. The zero-order valence-corrected chi connectivity index (χ0v) is 11.7. The number of benzene rings is 2. The van der Waals surface area contributed by atoms with Crippen LogP contribution in [0, 0.1) is 19.7 Å². The summed E-state index contributed by atoms with van der Waals surface area (Å²) in [6, 6.07) is 13.3. The van der Waals surface area contributed by atoms with E-state index in [1.807, 2.05) is 12.1 Å². The third-order valence-corrected chi connectivity index (χ3v) is 3.35. The summed E-state index contributed by atoms with van der Waals surface area (Å²) in [4.78, 5) is 0. The second-order valence-corrected chi connectivity index (χ2v) is 4.90. The van der Waals surface area contributed by atoms with Crippen LogP contribution in [0.25, 0.3) is 0 Å². The summed E-state index contributed by atoms with van der Waals surface area (Å²) in [5, 5.41) is 3.47. The molecule has 1 N–H and O–H groups in total. The minimum absolute atomic E-state index is 0.117. The lowest BCUT2D eigenvalue weighted by Crippen LogP contribution is -2.22. The molecule has 100 valence electrons. The van der Waals surface area contributed by atoms with Gasteiger partial charge in [-0.05, 0) is 49.2 Å². The van der Waals surface area contributed by atoms with E-state index in [4.69, 9.17) is 0 Å². The van der Waals surface area contributed by atoms with E-state index < -0.39 is 0 Å². The number of rotatable bonds is 4. The fraction of sp³-hybridized carbons (Fsp3) is 0.294. The first-order valence-corrected chi connectivity index (χ1v) is 6.68. The zero-order chi connectivity index (χ0) is 13.8. The maximum atomic E-state index is 13.1. The van der Waals surface area contributed by atoms with Gasteiger partial charge in [0.05, 0.1) is 6.04 Å². The van der Waals surface area contributed by atoms with Crippen LogP contribution in [0.1, 0.15) is 35.2 Å². The molecule has 2 heteroatoms.